The zero-order chi connectivity index (χ0) is 21.1. The molecule has 1 saturated heterocycles. The van der Waals surface area contributed by atoms with Gasteiger partial charge in [-0.1, -0.05) is 18.2 Å². The highest BCUT2D eigenvalue weighted by molar-refractivity contribution is 7.89. The fourth-order valence-electron chi connectivity index (χ4n) is 3.74. The average Bonchev–Trinajstić information content (AvgIpc) is 3.15. The van der Waals surface area contributed by atoms with E-state index in [9.17, 15) is 8.42 Å². The van der Waals surface area contributed by atoms with Crippen molar-refractivity contribution in [3.63, 3.8) is 0 Å². The molecule has 1 unspecified atom stereocenters. The summed E-state index contributed by atoms with van der Waals surface area (Å²) >= 11 is 0. The Labute approximate surface area is 175 Å². The van der Waals surface area contributed by atoms with Gasteiger partial charge in [0.25, 0.3) is 0 Å². The number of para-hydroxylation sites is 1. The topological polar surface area (TPSA) is 114 Å². The van der Waals surface area contributed by atoms with Crippen molar-refractivity contribution in [1.82, 2.24) is 14.9 Å². The fraction of sp³-hybridized carbons (Fsp3) is 0.286. The summed E-state index contributed by atoms with van der Waals surface area (Å²) in [6, 6.07) is 12.3. The molecule has 30 heavy (non-hydrogen) atoms. The van der Waals surface area contributed by atoms with Gasteiger partial charge in [0.05, 0.1) is 10.4 Å². The van der Waals surface area contributed by atoms with E-state index >= 15 is 0 Å². The molecular formula is C21H24N6O2S. The van der Waals surface area contributed by atoms with Crippen LogP contribution in [0.2, 0.25) is 0 Å². The van der Waals surface area contributed by atoms with Gasteiger partial charge in [0.1, 0.15) is 0 Å². The highest BCUT2D eigenvalue weighted by atomic mass is 32.2. The highest BCUT2D eigenvalue weighted by Gasteiger charge is 2.21. The minimum absolute atomic E-state index is 0.0619. The van der Waals surface area contributed by atoms with Crippen molar-refractivity contribution in [2.45, 2.75) is 17.9 Å². The van der Waals surface area contributed by atoms with Gasteiger partial charge in [-0.15, -0.1) is 0 Å². The van der Waals surface area contributed by atoms with Gasteiger partial charge in [0.15, 0.2) is 0 Å². The molecule has 3 aromatic rings. The number of benzene rings is 2. The maximum Gasteiger partial charge on any atom is 0.238 e. The maximum atomic E-state index is 11.4. The number of primary sulfonamides is 1. The van der Waals surface area contributed by atoms with Crippen molar-refractivity contribution in [3.05, 3.63) is 54.2 Å². The van der Waals surface area contributed by atoms with Gasteiger partial charge in [-0.05, 0) is 42.8 Å². The van der Waals surface area contributed by atoms with Crippen LogP contribution in [0.1, 0.15) is 12.0 Å². The van der Waals surface area contributed by atoms with Crippen LogP contribution in [0.25, 0.3) is 10.9 Å². The van der Waals surface area contributed by atoms with Gasteiger partial charge in [0, 0.05) is 49.5 Å². The lowest BCUT2D eigenvalue weighted by molar-refractivity contribution is 0.328. The second-order valence-electron chi connectivity index (χ2n) is 7.43. The first-order valence-electron chi connectivity index (χ1n) is 9.71. The number of aliphatic imine (C=N–C) groups is 1. The van der Waals surface area contributed by atoms with Crippen LogP contribution < -0.4 is 10.5 Å². The van der Waals surface area contributed by atoms with E-state index in [-0.39, 0.29) is 4.90 Å². The Morgan fingerprint density at radius 1 is 1.27 bits per heavy atom. The summed E-state index contributed by atoms with van der Waals surface area (Å²) in [5, 5.41) is 9.26. The molecule has 1 aliphatic rings. The normalized spacial score (nSPS) is 17.7. The van der Waals surface area contributed by atoms with Gasteiger partial charge in [-0.2, -0.15) is 0 Å². The summed E-state index contributed by atoms with van der Waals surface area (Å²) in [6.07, 6.45) is 4.95. The predicted molar refractivity (Wildman–Crippen MR) is 118 cm³/mol. The largest absolute Gasteiger partial charge is 0.324 e. The monoisotopic (exact) mass is 424 g/mol. The Balaban J connectivity index is 1.55. The number of anilines is 2. The number of likely N-dealkylation sites (tertiary alicyclic amines) is 1. The maximum absolute atomic E-state index is 11.4. The number of nitrogens with one attached hydrogen (secondary N) is 1. The Hall–Kier alpha value is -2.88. The number of nitrogens with two attached hydrogens (primary N) is 1. The molecule has 1 fully saturated rings. The Kier molecular flexibility index (Phi) is 5.76. The van der Waals surface area contributed by atoms with Crippen molar-refractivity contribution in [3.8, 4) is 0 Å². The van der Waals surface area contributed by atoms with Gasteiger partial charge < -0.3 is 10.3 Å². The van der Waals surface area contributed by atoms with Crippen LogP contribution in [0.4, 0.5) is 11.6 Å². The SMILES string of the molecule is CN=CC1CCN(Cc2cccc3cnc(Nc4ccc(S(N)(=O)=O)cc4)nc23)C1. The molecule has 9 heteroatoms. The molecule has 1 aromatic heterocycles. The molecule has 0 amide bonds. The summed E-state index contributed by atoms with van der Waals surface area (Å²) in [7, 11) is -1.90. The van der Waals surface area contributed by atoms with E-state index in [1.807, 2.05) is 25.4 Å². The molecule has 4 rings (SSSR count). The number of rotatable bonds is 6. The molecule has 0 radical (unpaired) electrons. The summed E-state index contributed by atoms with van der Waals surface area (Å²) in [5.41, 5.74) is 2.74. The summed E-state index contributed by atoms with van der Waals surface area (Å²) in [6.45, 7) is 2.87. The van der Waals surface area contributed by atoms with Crippen LogP contribution >= 0.6 is 0 Å². The van der Waals surface area contributed by atoms with Crippen molar-refractivity contribution in [2.24, 2.45) is 16.0 Å². The lowest BCUT2D eigenvalue weighted by Crippen LogP contribution is -2.20. The third-order valence-corrected chi connectivity index (χ3v) is 6.13. The van der Waals surface area contributed by atoms with Gasteiger partial charge in [-0.25, -0.2) is 23.5 Å². The molecule has 3 N–H and O–H groups in total. The number of hydrogen-bond acceptors (Lipinski definition) is 7. The van der Waals surface area contributed by atoms with E-state index in [2.05, 4.69) is 26.3 Å². The Bertz CT molecular complexity index is 1180. The van der Waals surface area contributed by atoms with Crippen LogP contribution in [-0.4, -0.2) is 49.6 Å². The first-order chi connectivity index (χ1) is 14.4. The lowest BCUT2D eigenvalue weighted by atomic mass is 10.1. The highest BCUT2D eigenvalue weighted by Crippen LogP contribution is 2.24. The number of nitrogens with zero attached hydrogens (tertiary/aromatic N) is 4. The Morgan fingerprint density at radius 2 is 2.07 bits per heavy atom. The van der Waals surface area contributed by atoms with E-state index in [1.54, 1.807) is 18.3 Å². The second-order valence-corrected chi connectivity index (χ2v) is 9.00. The number of aromatic nitrogens is 2. The van der Waals surface area contributed by atoms with Crippen molar-refractivity contribution in [1.29, 1.82) is 0 Å². The fourth-order valence-corrected chi connectivity index (χ4v) is 4.26. The molecule has 0 bridgehead atoms. The predicted octanol–water partition coefficient (Wildman–Crippen LogP) is 2.54. The molecular weight excluding hydrogens is 400 g/mol. The lowest BCUT2D eigenvalue weighted by Gasteiger charge is -2.16. The molecule has 1 aliphatic heterocycles. The van der Waals surface area contributed by atoms with Gasteiger partial charge in [0.2, 0.25) is 16.0 Å². The number of sulfonamides is 1. The molecule has 8 nitrogen and oxygen atoms in total. The first-order valence-corrected chi connectivity index (χ1v) is 11.3. The Morgan fingerprint density at radius 3 is 2.80 bits per heavy atom. The van der Waals surface area contributed by atoms with Crippen LogP contribution in [0.3, 0.4) is 0 Å². The molecule has 1 atom stereocenters. The summed E-state index contributed by atoms with van der Waals surface area (Å²) < 4.78 is 22.8. The molecule has 2 aromatic carbocycles. The molecule has 156 valence electrons. The summed E-state index contributed by atoms with van der Waals surface area (Å²) in [4.78, 5) is 15.7. The number of fused-ring (bicyclic) bond motifs is 1. The third kappa shape index (κ3) is 4.64. The zero-order valence-corrected chi connectivity index (χ0v) is 17.5. The van der Waals surface area contributed by atoms with E-state index in [1.165, 1.54) is 12.1 Å². The molecule has 0 aliphatic carbocycles. The van der Waals surface area contributed by atoms with Gasteiger partial charge >= 0.3 is 0 Å². The average molecular weight is 425 g/mol. The van der Waals surface area contributed by atoms with E-state index in [0.717, 1.165) is 42.5 Å². The number of hydrogen-bond donors (Lipinski definition) is 2. The molecule has 2 heterocycles. The van der Waals surface area contributed by atoms with Crippen LogP contribution in [0, 0.1) is 5.92 Å². The standard InChI is InChI=1S/C21H24N6O2S/c1-23-11-15-9-10-27(13-15)14-17-4-2-3-16-12-24-21(26-20(16)17)25-18-5-7-19(8-6-18)30(22,28)29/h2-8,11-12,15H,9-10,13-14H2,1H3,(H2,22,28,29)(H,24,25,26). The molecule has 0 spiro atoms. The minimum Gasteiger partial charge on any atom is -0.324 e. The quantitative estimate of drug-likeness (QED) is 0.588. The third-order valence-electron chi connectivity index (χ3n) is 5.20. The van der Waals surface area contributed by atoms with E-state index in [0.29, 0.717) is 17.6 Å². The minimum atomic E-state index is -3.72. The van der Waals surface area contributed by atoms with Crippen molar-refractivity contribution >= 4 is 38.8 Å². The van der Waals surface area contributed by atoms with Crippen molar-refractivity contribution < 1.29 is 8.42 Å². The molecule has 0 saturated carbocycles. The zero-order valence-electron chi connectivity index (χ0n) is 16.7. The van der Waals surface area contributed by atoms with E-state index < -0.39 is 10.0 Å². The van der Waals surface area contributed by atoms with Crippen LogP contribution in [0.15, 0.2) is 58.5 Å². The van der Waals surface area contributed by atoms with Crippen molar-refractivity contribution in [2.75, 3.05) is 25.5 Å². The van der Waals surface area contributed by atoms with Gasteiger partial charge in [-0.3, -0.25) is 4.90 Å². The smallest absolute Gasteiger partial charge is 0.238 e. The summed E-state index contributed by atoms with van der Waals surface area (Å²) in [5.74, 6) is 0.966. The first kappa shape index (κ1) is 20.4. The second kappa shape index (κ2) is 8.47. The van der Waals surface area contributed by atoms with Crippen LogP contribution in [-0.2, 0) is 16.6 Å². The van der Waals surface area contributed by atoms with Crippen LogP contribution in [0.5, 0.6) is 0 Å². The van der Waals surface area contributed by atoms with E-state index in [4.69, 9.17) is 10.1 Å².